The molecule has 8 heteroatoms. The summed E-state index contributed by atoms with van der Waals surface area (Å²) in [6, 6.07) is 11.9. The average molecular weight is 414 g/mol. The summed E-state index contributed by atoms with van der Waals surface area (Å²) in [5, 5.41) is 9.48. The van der Waals surface area contributed by atoms with E-state index in [9.17, 15) is 4.79 Å². The number of methoxy groups -OCH3 is 1. The Hall–Kier alpha value is -3.00. The zero-order valence-corrected chi connectivity index (χ0v) is 17.7. The number of hydrogen-bond donors (Lipinski definition) is 3. The Balaban J connectivity index is 1.49. The van der Waals surface area contributed by atoms with Gasteiger partial charge < -0.3 is 25.1 Å². The third kappa shape index (κ3) is 6.00. The number of nitrogens with one attached hydrogen (secondary N) is 3. The first kappa shape index (κ1) is 21.7. The molecular formula is C22H31N5O3. The van der Waals surface area contributed by atoms with Crippen molar-refractivity contribution in [2.24, 2.45) is 4.99 Å². The van der Waals surface area contributed by atoms with Gasteiger partial charge in [-0.05, 0) is 55.8 Å². The number of carbonyl (C=O) groups excluding carboxylic acids is 1. The minimum atomic E-state index is -0.224. The van der Waals surface area contributed by atoms with Gasteiger partial charge in [-0.2, -0.15) is 0 Å². The van der Waals surface area contributed by atoms with E-state index >= 15 is 0 Å². The Morgan fingerprint density at radius 3 is 2.50 bits per heavy atom. The molecule has 0 radical (unpaired) electrons. The summed E-state index contributed by atoms with van der Waals surface area (Å²) in [5.41, 5.74) is 1.26. The summed E-state index contributed by atoms with van der Waals surface area (Å²) in [6.45, 7) is 3.97. The summed E-state index contributed by atoms with van der Waals surface area (Å²) in [4.78, 5) is 18.7. The van der Waals surface area contributed by atoms with Crippen LogP contribution < -0.4 is 20.7 Å². The van der Waals surface area contributed by atoms with Crippen LogP contribution >= 0.6 is 0 Å². The maximum absolute atomic E-state index is 11.9. The van der Waals surface area contributed by atoms with Gasteiger partial charge in [0.25, 0.3) is 5.91 Å². The third-order valence-corrected chi connectivity index (χ3v) is 5.22. The molecular weight excluding hydrogens is 382 g/mol. The Labute approximate surface area is 177 Å². The molecule has 2 heterocycles. The second-order valence-corrected chi connectivity index (χ2v) is 7.15. The second kappa shape index (κ2) is 11.3. The van der Waals surface area contributed by atoms with E-state index in [-0.39, 0.29) is 11.9 Å². The number of ether oxygens (including phenoxy) is 1. The van der Waals surface area contributed by atoms with E-state index in [1.165, 1.54) is 24.7 Å². The zero-order chi connectivity index (χ0) is 21.2. The fourth-order valence-corrected chi connectivity index (χ4v) is 3.60. The van der Waals surface area contributed by atoms with Gasteiger partial charge in [-0.25, -0.2) is 0 Å². The predicted molar refractivity (Wildman–Crippen MR) is 117 cm³/mol. The van der Waals surface area contributed by atoms with Crippen LogP contribution in [0.1, 0.15) is 35.0 Å². The number of carbonyl (C=O) groups is 1. The summed E-state index contributed by atoms with van der Waals surface area (Å²) in [7, 11) is 3.43. The van der Waals surface area contributed by atoms with Crippen molar-refractivity contribution in [2.75, 3.05) is 46.9 Å². The Bertz CT molecular complexity index is 799. The highest BCUT2D eigenvalue weighted by Gasteiger charge is 2.23. The monoisotopic (exact) mass is 413 g/mol. The van der Waals surface area contributed by atoms with E-state index in [0.717, 1.165) is 25.4 Å². The Morgan fingerprint density at radius 2 is 1.87 bits per heavy atom. The first-order chi connectivity index (χ1) is 14.7. The minimum absolute atomic E-state index is 0.224. The normalized spacial score (nSPS) is 15.6. The number of benzene rings is 1. The summed E-state index contributed by atoms with van der Waals surface area (Å²) >= 11 is 0. The van der Waals surface area contributed by atoms with Crippen molar-refractivity contribution in [2.45, 2.75) is 18.9 Å². The molecule has 8 nitrogen and oxygen atoms in total. The molecule has 0 spiro atoms. The van der Waals surface area contributed by atoms with Crippen LogP contribution in [0.25, 0.3) is 0 Å². The second-order valence-electron chi connectivity index (χ2n) is 7.15. The molecule has 1 saturated heterocycles. The average Bonchev–Trinajstić information content (AvgIpc) is 3.50. The molecule has 1 atom stereocenters. The number of hydrogen-bond acceptors (Lipinski definition) is 5. The molecule has 0 bridgehead atoms. The van der Waals surface area contributed by atoms with Crippen molar-refractivity contribution in [1.82, 2.24) is 20.9 Å². The van der Waals surface area contributed by atoms with Crippen LogP contribution in [0.2, 0.25) is 0 Å². The molecule has 162 valence electrons. The van der Waals surface area contributed by atoms with E-state index in [1.807, 2.05) is 12.1 Å². The highest BCUT2D eigenvalue weighted by atomic mass is 16.5. The van der Waals surface area contributed by atoms with E-state index < -0.39 is 0 Å². The molecule has 3 rings (SSSR count). The Kier molecular flexibility index (Phi) is 8.14. The number of aliphatic imine (C=N–C) groups is 1. The van der Waals surface area contributed by atoms with Gasteiger partial charge in [0, 0.05) is 26.7 Å². The van der Waals surface area contributed by atoms with Crippen LogP contribution in [0, 0.1) is 0 Å². The summed E-state index contributed by atoms with van der Waals surface area (Å²) in [5.74, 6) is 1.66. The lowest BCUT2D eigenvalue weighted by Crippen LogP contribution is -2.44. The lowest BCUT2D eigenvalue weighted by molar-refractivity contribution is 0.0926. The number of amides is 1. The zero-order valence-electron chi connectivity index (χ0n) is 17.7. The van der Waals surface area contributed by atoms with Gasteiger partial charge in [-0.1, -0.05) is 12.1 Å². The number of rotatable bonds is 9. The quantitative estimate of drug-likeness (QED) is 0.331. The SMILES string of the molecule is CN=C(NCCNC(=O)c1ccco1)NCC(c1ccc(OC)cc1)N1CCCC1. The molecule has 1 amide bonds. The smallest absolute Gasteiger partial charge is 0.287 e. The molecule has 1 aliphatic rings. The third-order valence-electron chi connectivity index (χ3n) is 5.22. The van der Waals surface area contributed by atoms with E-state index in [2.05, 4.69) is 38.0 Å². The number of likely N-dealkylation sites (tertiary alicyclic amines) is 1. The van der Waals surface area contributed by atoms with Crippen molar-refractivity contribution < 1.29 is 13.9 Å². The topological polar surface area (TPSA) is 91.1 Å². The highest BCUT2D eigenvalue weighted by molar-refractivity contribution is 5.91. The molecule has 1 aromatic heterocycles. The van der Waals surface area contributed by atoms with Gasteiger partial charge in [-0.15, -0.1) is 0 Å². The molecule has 1 aliphatic heterocycles. The van der Waals surface area contributed by atoms with Gasteiger partial charge in [0.2, 0.25) is 0 Å². The number of nitrogens with zero attached hydrogens (tertiary/aromatic N) is 2. The molecule has 1 aromatic carbocycles. The lowest BCUT2D eigenvalue weighted by atomic mass is 10.1. The molecule has 1 unspecified atom stereocenters. The summed E-state index contributed by atoms with van der Waals surface area (Å²) in [6.07, 6.45) is 3.95. The van der Waals surface area contributed by atoms with Crippen molar-refractivity contribution in [3.05, 3.63) is 54.0 Å². The van der Waals surface area contributed by atoms with Gasteiger partial charge in [0.05, 0.1) is 19.4 Å². The van der Waals surface area contributed by atoms with Crippen LogP contribution in [0.3, 0.4) is 0 Å². The highest BCUT2D eigenvalue weighted by Crippen LogP contribution is 2.26. The minimum Gasteiger partial charge on any atom is -0.497 e. The molecule has 0 aliphatic carbocycles. The van der Waals surface area contributed by atoms with Gasteiger partial charge in [0.1, 0.15) is 5.75 Å². The molecule has 1 fully saturated rings. The van der Waals surface area contributed by atoms with Crippen LogP contribution in [-0.4, -0.2) is 63.6 Å². The summed E-state index contributed by atoms with van der Waals surface area (Å²) < 4.78 is 10.4. The van der Waals surface area contributed by atoms with Crippen LogP contribution in [0.5, 0.6) is 5.75 Å². The molecule has 2 aromatic rings. The van der Waals surface area contributed by atoms with Gasteiger partial charge >= 0.3 is 0 Å². The largest absolute Gasteiger partial charge is 0.497 e. The Morgan fingerprint density at radius 1 is 1.13 bits per heavy atom. The maximum atomic E-state index is 11.9. The maximum Gasteiger partial charge on any atom is 0.287 e. The standard InChI is InChI=1S/C22H31N5O3/c1-23-22(25-12-11-24-21(28)20-6-5-15-30-20)26-16-19(27-13-3-4-14-27)17-7-9-18(29-2)10-8-17/h5-10,15,19H,3-4,11-14,16H2,1-2H3,(H,24,28)(H2,23,25,26). The lowest BCUT2D eigenvalue weighted by Gasteiger charge is -2.29. The van der Waals surface area contributed by atoms with Crippen molar-refractivity contribution >= 4 is 11.9 Å². The van der Waals surface area contributed by atoms with E-state index in [1.54, 1.807) is 26.3 Å². The van der Waals surface area contributed by atoms with Gasteiger partial charge in [-0.3, -0.25) is 14.7 Å². The first-order valence-corrected chi connectivity index (χ1v) is 10.4. The van der Waals surface area contributed by atoms with Gasteiger partial charge in [0.15, 0.2) is 11.7 Å². The number of guanidine groups is 1. The van der Waals surface area contributed by atoms with E-state index in [4.69, 9.17) is 9.15 Å². The van der Waals surface area contributed by atoms with Crippen LogP contribution in [-0.2, 0) is 0 Å². The van der Waals surface area contributed by atoms with Crippen molar-refractivity contribution in [3.8, 4) is 5.75 Å². The van der Waals surface area contributed by atoms with Crippen LogP contribution in [0.15, 0.2) is 52.1 Å². The van der Waals surface area contributed by atoms with E-state index in [0.29, 0.717) is 24.8 Å². The van der Waals surface area contributed by atoms with Crippen LogP contribution in [0.4, 0.5) is 0 Å². The number of furan rings is 1. The predicted octanol–water partition coefficient (Wildman–Crippen LogP) is 2.02. The molecule has 3 N–H and O–H groups in total. The fourth-order valence-electron chi connectivity index (χ4n) is 3.60. The fraction of sp³-hybridized carbons (Fsp3) is 0.455. The first-order valence-electron chi connectivity index (χ1n) is 10.4. The van der Waals surface area contributed by atoms with Crippen molar-refractivity contribution in [1.29, 1.82) is 0 Å². The molecule has 30 heavy (non-hydrogen) atoms. The van der Waals surface area contributed by atoms with Crippen molar-refractivity contribution in [3.63, 3.8) is 0 Å². The molecule has 0 saturated carbocycles.